The molecule has 8 nitrogen and oxygen atoms in total. The Hall–Kier alpha value is -2.71. The minimum absolute atomic E-state index is 0.114. The molecule has 0 unspecified atom stereocenters. The first-order chi connectivity index (χ1) is 14.1. The van der Waals surface area contributed by atoms with Crippen LogP contribution in [0.15, 0.2) is 43.0 Å². The zero-order valence-electron chi connectivity index (χ0n) is 17.5. The van der Waals surface area contributed by atoms with Gasteiger partial charge in [-0.05, 0) is 19.4 Å². The molecular weight excluding hydrogens is 392 g/mol. The lowest BCUT2D eigenvalue weighted by Crippen LogP contribution is -2.57. The van der Waals surface area contributed by atoms with Crippen molar-refractivity contribution in [2.24, 2.45) is 0 Å². The molecular formula is C22H26O8. The summed E-state index contributed by atoms with van der Waals surface area (Å²) in [4.78, 5) is 37.4. The highest BCUT2D eigenvalue weighted by atomic mass is 16.8. The van der Waals surface area contributed by atoms with Crippen LogP contribution in [0.4, 0.5) is 0 Å². The van der Waals surface area contributed by atoms with Crippen molar-refractivity contribution in [3.63, 3.8) is 0 Å². The second-order valence-electron chi connectivity index (χ2n) is 7.78. The van der Waals surface area contributed by atoms with Crippen molar-refractivity contribution < 1.29 is 38.1 Å². The van der Waals surface area contributed by atoms with Crippen molar-refractivity contribution >= 4 is 17.9 Å². The Labute approximate surface area is 175 Å². The van der Waals surface area contributed by atoms with Gasteiger partial charge in [-0.2, -0.15) is 0 Å². The minimum Gasteiger partial charge on any atom is -0.453 e. The molecule has 2 heterocycles. The molecule has 0 radical (unpaired) electrons. The molecule has 2 saturated heterocycles. The smallest absolute Gasteiger partial charge is 0.356 e. The first-order valence-electron chi connectivity index (χ1n) is 9.68. The van der Waals surface area contributed by atoms with E-state index in [0.717, 1.165) is 0 Å². The van der Waals surface area contributed by atoms with Gasteiger partial charge in [-0.3, -0.25) is 9.59 Å². The highest BCUT2D eigenvalue weighted by Gasteiger charge is 2.68. The summed E-state index contributed by atoms with van der Waals surface area (Å²) in [5.74, 6) is -3.96. The van der Waals surface area contributed by atoms with Gasteiger partial charge in [0.15, 0.2) is 18.0 Å². The third-order valence-electron chi connectivity index (χ3n) is 5.14. The minimum atomic E-state index is -1.96. The van der Waals surface area contributed by atoms with E-state index in [1.54, 1.807) is 38.1 Å². The SMILES string of the molecule is C=C[C@H](c1ccccc1)[C@@]1(OC(C)=O)C(=O)O[C@H]([C@@H]2COC(C)(C)O2)[C@@H]1OC(C)=O. The molecule has 5 atom stereocenters. The van der Waals surface area contributed by atoms with Crippen LogP contribution in [0.2, 0.25) is 0 Å². The number of hydrogen-bond acceptors (Lipinski definition) is 8. The Balaban J connectivity index is 2.12. The topological polar surface area (TPSA) is 97.4 Å². The lowest BCUT2D eigenvalue weighted by atomic mass is 9.77. The van der Waals surface area contributed by atoms with E-state index < -0.39 is 53.5 Å². The van der Waals surface area contributed by atoms with Gasteiger partial charge in [-0.1, -0.05) is 36.4 Å². The molecule has 162 valence electrons. The van der Waals surface area contributed by atoms with Gasteiger partial charge in [0.1, 0.15) is 6.10 Å². The summed E-state index contributed by atoms with van der Waals surface area (Å²) in [6.45, 7) is 9.78. The zero-order chi connectivity index (χ0) is 22.1. The van der Waals surface area contributed by atoms with E-state index >= 15 is 0 Å². The van der Waals surface area contributed by atoms with E-state index in [1.165, 1.54) is 19.9 Å². The molecule has 2 aliphatic rings. The van der Waals surface area contributed by atoms with Crippen LogP contribution in [0.1, 0.15) is 39.2 Å². The third kappa shape index (κ3) is 3.97. The van der Waals surface area contributed by atoms with Gasteiger partial charge < -0.3 is 23.7 Å². The second-order valence-corrected chi connectivity index (χ2v) is 7.78. The zero-order valence-corrected chi connectivity index (χ0v) is 17.5. The van der Waals surface area contributed by atoms with Crippen LogP contribution in [0.3, 0.4) is 0 Å². The van der Waals surface area contributed by atoms with Crippen LogP contribution in [0.5, 0.6) is 0 Å². The van der Waals surface area contributed by atoms with Gasteiger partial charge >= 0.3 is 17.9 Å². The van der Waals surface area contributed by atoms with Gasteiger partial charge in [0.2, 0.25) is 0 Å². The molecule has 8 heteroatoms. The number of hydrogen-bond donors (Lipinski definition) is 0. The van der Waals surface area contributed by atoms with Gasteiger partial charge in [0.05, 0.1) is 12.5 Å². The highest BCUT2D eigenvalue weighted by molar-refractivity contribution is 5.88. The summed E-state index contributed by atoms with van der Waals surface area (Å²) >= 11 is 0. The molecule has 0 bridgehead atoms. The quantitative estimate of drug-likeness (QED) is 0.394. The van der Waals surface area contributed by atoms with Gasteiger partial charge in [-0.25, -0.2) is 4.79 Å². The molecule has 1 aromatic rings. The standard InChI is InChI=1S/C22H26O8/c1-6-16(15-10-8-7-9-11-15)22(29-14(3)24)19(27-13(2)23)18(28-20(22)25)17-12-26-21(4,5)30-17/h6-11,16-19H,1,12H2,2-5H3/t16-,17+,18-,19+,22+/m1/s1. The summed E-state index contributed by atoms with van der Waals surface area (Å²) in [5.41, 5.74) is -1.31. The second kappa shape index (κ2) is 8.20. The van der Waals surface area contributed by atoms with E-state index in [1.807, 2.05) is 6.07 Å². The van der Waals surface area contributed by atoms with Gasteiger partial charge in [0, 0.05) is 13.8 Å². The number of carbonyl (C=O) groups excluding carboxylic acids is 3. The molecule has 2 aliphatic heterocycles. The fourth-order valence-corrected chi connectivity index (χ4v) is 4.04. The molecule has 0 amide bonds. The van der Waals surface area contributed by atoms with Crippen LogP contribution in [-0.2, 0) is 38.1 Å². The molecule has 0 spiro atoms. The Morgan fingerprint density at radius 2 is 1.87 bits per heavy atom. The predicted molar refractivity (Wildman–Crippen MR) is 104 cm³/mol. The largest absolute Gasteiger partial charge is 0.453 e. The lowest BCUT2D eigenvalue weighted by Gasteiger charge is -2.36. The van der Waals surface area contributed by atoms with Crippen LogP contribution in [0, 0.1) is 0 Å². The van der Waals surface area contributed by atoms with Gasteiger partial charge in [0.25, 0.3) is 5.60 Å². The summed E-state index contributed by atoms with van der Waals surface area (Å²) in [6, 6.07) is 8.90. The third-order valence-corrected chi connectivity index (χ3v) is 5.14. The summed E-state index contributed by atoms with van der Waals surface area (Å²) < 4.78 is 28.2. The maximum absolute atomic E-state index is 13.3. The van der Waals surface area contributed by atoms with Crippen molar-refractivity contribution in [3.05, 3.63) is 48.6 Å². The molecule has 30 heavy (non-hydrogen) atoms. The van der Waals surface area contributed by atoms with E-state index in [4.69, 9.17) is 23.7 Å². The summed E-state index contributed by atoms with van der Waals surface area (Å²) in [7, 11) is 0. The molecule has 0 aromatic heterocycles. The molecule has 0 saturated carbocycles. The number of cyclic esters (lactones) is 1. The van der Waals surface area contributed by atoms with E-state index in [0.29, 0.717) is 5.56 Å². The number of esters is 3. The maximum Gasteiger partial charge on any atom is 0.356 e. The average molecular weight is 418 g/mol. The van der Waals surface area contributed by atoms with E-state index in [9.17, 15) is 14.4 Å². The predicted octanol–water partition coefficient (Wildman–Crippen LogP) is 2.27. The number of carbonyl (C=O) groups is 3. The number of rotatable bonds is 6. The fourth-order valence-electron chi connectivity index (χ4n) is 4.04. The van der Waals surface area contributed by atoms with Crippen LogP contribution >= 0.6 is 0 Å². The Kier molecular flexibility index (Phi) is 6.01. The van der Waals surface area contributed by atoms with Gasteiger partial charge in [-0.15, -0.1) is 6.58 Å². The van der Waals surface area contributed by atoms with Crippen LogP contribution < -0.4 is 0 Å². The van der Waals surface area contributed by atoms with E-state index in [-0.39, 0.29) is 6.61 Å². The lowest BCUT2D eigenvalue weighted by molar-refractivity contribution is -0.188. The van der Waals surface area contributed by atoms with Crippen LogP contribution in [0.25, 0.3) is 0 Å². The van der Waals surface area contributed by atoms with Crippen molar-refractivity contribution in [1.29, 1.82) is 0 Å². The Morgan fingerprint density at radius 1 is 1.20 bits per heavy atom. The molecule has 0 N–H and O–H groups in total. The molecule has 2 fully saturated rings. The van der Waals surface area contributed by atoms with Crippen molar-refractivity contribution in [3.8, 4) is 0 Å². The van der Waals surface area contributed by atoms with Crippen molar-refractivity contribution in [1.82, 2.24) is 0 Å². The van der Waals surface area contributed by atoms with Crippen LogP contribution in [-0.4, -0.2) is 54.2 Å². The molecule has 1 aromatic carbocycles. The monoisotopic (exact) mass is 418 g/mol. The highest BCUT2D eigenvalue weighted by Crippen LogP contribution is 2.46. The first-order valence-corrected chi connectivity index (χ1v) is 9.68. The fraction of sp³-hybridized carbons (Fsp3) is 0.500. The number of ether oxygens (including phenoxy) is 5. The molecule has 3 rings (SSSR count). The Morgan fingerprint density at radius 3 is 2.37 bits per heavy atom. The first kappa shape index (κ1) is 22.0. The summed E-state index contributed by atoms with van der Waals surface area (Å²) in [5, 5.41) is 0. The van der Waals surface area contributed by atoms with Crippen molar-refractivity contribution in [2.45, 2.75) is 63.3 Å². The van der Waals surface area contributed by atoms with E-state index in [2.05, 4.69) is 6.58 Å². The van der Waals surface area contributed by atoms with Crippen molar-refractivity contribution in [2.75, 3.05) is 6.61 Å². The summed E-state index contributed by atoms with van der Waals surface area (Å²) in [6.07, 6.45) is -1.54. The Bertz CT molecular complexity index is 833. The maximum atomic E-state index is 13.3. The average Bonchev–Trinajstić information content (AvgIpc) is 3.15. The molecule has 0 aliphatic carbocycles. The number of benzene rings is 1. The normalized spacial score (nSPS) is 30.9.